The molecule has 0 atom stereocenters. The van der Waals surface area contributed by atoms with Crippen LogP contribution >= 0.6 is 0 Å². The van der Waals surface area contributed by atoms with Crippen LogP contribution in [0.5, 0.6) is 0 Å². The van der Waals surface area contributed by atoms with Gasteiger partial charge >= 0.3 is 0 Å². The van der Waals surface area contributed by atoms with Crippen LogP contribution in [0.2, 0.25) is 0 Å². The van der Waals surface area contributed by atoms with Gasteiger partial charge in [0.1, 0.15) is 5.82 Å². The maximum Gasteiger partial charge on any atom is 0.269 e. The van der Waals surface area contributed by atoms with Crippen LogP contribution in [0.15, 0.2) is 42.5 Å². The van der Waals surface area contributed by atoms with Crippen molar-refractivity contribution in [1.29, 1.82) is 0 Å². The summed E-state index contributed by atoms with van der Waals surface area (Å²) in [7, 11) is 0. The molecule has 0 spiro atoms. The molecule has 7 nitrogen and oxygen atoms in total. The van der Waals surface area contributed by atoms with Gasteiger partial charge in [-0.1, -0.05) is 6.07 Å². The summed E-state index contributed by atoms with van der Waals surface area (Å²) in [6.07, 6.45) is 0. The van der Waals surface area contributed by atoms with Gasteiger partial charge in [0.15, 0.2) is 0 Å². The highest BCUT2D eigenvalue weighted by atomic mass is 19.1. The maximum atomic E-state index is 13.6. The summed E-state index contributed by atoms with van der Waals surface area (Å²) in [4.78, 5) is 26.6. The Morgan fingerprint density at radius 3 is 2.41 bits per heavy atom. The molecule has 2 aromatic rings. The normalized spacial score (nSPS) is 14.8. The zero-order valence-electron chi connectivity index (χ0n) is 15.0. The molecule has 1 aliphatic rings. The number of carbonyl (C=O) groups is 1. The second kappa shape index (κ2) is 8.13. The Balaban J connectivity index is 1.49. The van der Waals surface area contributed by atoms with Crippen molar-refractivity contribution >= 4 is 23.0 Å². The zero-order chi connectivity index (χ0) is 19.4. The number of hydrogen-bond acceptors (Lipinski definition) is 5. The van der Waals surface area contributed by atoms with Crippen LogP contribution in [-0.2, 0) is 4.79 Å². The molecule has 1 N–H and O–H groups in total. The third-order valence-corrected chi connectivity index (χ3v) is 4.62. The quantitative estimate of drug-likeness (QED) is 0.645. The van der Waals surface area contributed by atoms with Gasteiger partial charge in [0.2, 0.25) is 5.91 Å². The fourth-order valence-corrected chi connectivity index (χ4v) is 3.02. The van der Waals surface area contributed by atoms with E-state index in [1.54, 1.807) is 31.2 Å². The minimum Gasteiger partial charge on any atom is -0.369 e. The highest BCUT2D eigenvalue weighted by Gasteiger charge is 2.20. The summed E-state index contributed by atoms with van der Waals surface area (Å²) in [6, 6.07) is 11.1. The molecule has 1 fully saturated rings. The first-order chi connectivity index (χ1) is 12.9. The molecule has 1 amide bonds. The van der Waals surface area contributed by atoms with Gasteiger partial charge in [-0.2, -0.15) is 0 Å². The zero-order valence-corrected chi connectivity index (χ0v) is 15.0. The summed E-state index contributed by atoms with van der Waals surface area (Å²) >= 11 is 0. The largest absolute Gasteiger partial charge is 0.369 e. The molecular weight excluding hydrogens is 351 g/mol. The highest BCUT2D eigenvalue weighted by molar-refractivity contribution is 5.92. The van der Waals surface area contributed by atoms with Crippen molar-refractivity contribution in [2.75, 3.05) is 42.9 Å². The SMILES string of the molecule is Cc1ccc(NC(=O)CN2CCN(c3ccc([N+](=O)[O-])cc3)CC2)cc1F. The molecule has 1 saturated heterocycles. The summed E-state index contributed by atoms with van der Waals surface area (Å²) in [6.45, 7) is 4.77. The van der Waals surface area contributed by atoms with Gasteiger partial charge in [-0.25, -0.2) is 4.39 Å². The Labute approximate surface area is 156 Å². The number of nitrogens with one attached hydrogen (secondary N) is 1. The molecule has 0 bridgehead atoms. The van der Waals surface area contributed by atoms with Crippen molar-refractivity contribution in [3.63, 3.8) is 0 Å². The van der Waals surface area contributed by atoms with Crippen molar-refractivity contribution in [2.24, 2.45) is 0 Å². The van der Waals surface area contributed by atoms with E-state index in [1.807, 2.05) is 4.90 Å². The Morgan fingerprint density at radius 1 is 1.15 bits per heavy atom. The van der Waals surface area contributed by atoms with E-state index in [2.05, 4.69) is 10.2 Å². The molecule has 0 radical (unpaired) electrons. The van der Waals surface area contributed by atoms with E-state index in [-0.39, 0.29) is 24.0 Å². The van der Waals surface area contributed by atoms with Gasteiger partial charge in [-0.05, 0) is 36.8 Å². The Bertz CT molecular complexity index is 833. The lowest BCUT2D eigenvalue weighted by atomic mass is 10.2. The van der Waals surface area contributed by atoms with E-state index in [0.717, 1.165) is 18.8 Å². The number of nitrogens with zero attached hydrogens (tertiary/aromatic N) is 3. The minimum absolute atomic E-state index is 0.0709. The molecule has 3 rings (SSSR count). The molecule has 27 heavy (non-hydrogen) atoms. The first-order valence-electron chi connectivity index (χ1n) is 8.70. The molecule has 142 valence electrons. The van der Waals surface area contributed by atoms with Crippen LogP contribution in [-0.4, -0.2) is 48.5 Å². The fourth-order valence-electron chi connectivity index (χ4n) is 3.02. The van der Waals surface area contributed by atoms with Gasteiger partial charge in [-0.3, -0.25) is 19.8 Å². The first-order valence-corrected chi connectivity index (χ1v) is 8.70. The standard InChI is InChI=1S/C19H21FN4O3/c1-14-2-3-15(12-18(14)20)21-19(25)13-22-8-10-23(11-9-22)16-4-6-17(7-5-16)24(26)27/h2-7,12H,8-11,13H2,1H3,(H,21,25). The van der Waals surface area contributed by atoms with Crippen molar-refractivity contribution in [2.45, 2.75) is 6.92 Å². The topological polar surface area (TPSA) is 78.7 Å². The molecule has 0 aromatic heterocycles. The van der Waals surface area contributed by atoms with E-state index in [9.17, 15) is 19.3 Å². The predicted octanol–water partition coefficient (Wildman–Crippen LogP) is 2.80. The number of halogens is 1. The molecule has 2 aromatic carbocycles. The van der Waals surface area contributed by atoms with Crippen LogP contribution in [0.1, 0.15) is 5.56 Å². The van der Waals surface area contributed by atoms with Gasteiger partial charge in [0, 0.05) is 49.7 Å². The average molecular weight is 372 g/mol. The number of piperazine rings is 1. The van der Waals surface area contributed by atoms with Crippen LogP contribution in [0.3, 0.4) is 0 Å². The Morgan fingerprint density at radius 2 is 1.81 bits per heavy atom. The van der Waals surface area contributed by atoms with Crippen molar-refractivity contribution in [3.05, 3.63) is 64.0 Å². The van der Waals surface area contributed by atoms with Gasteiger partial charge in [0.25, 0.3) is 5.69 Å². The number of nitro benzene ring substituents is 1. The second-order valence-corrected chi connectivity index (χ2v) is 6.55. The number of aryl methyl sites for hydroxylation is 1. The first kappa shape index (κ1) is 18.8. The van der Waals surface area contributed by atoms with Crippen molar-refractivity contribution in [3.8, 4) is 0 Å². The van der Waals surface area contributed by atoms with Gasteiger partial charge in [-0.15, -0.1) is 0 Å². The van der Waals surface area contributed by atoms with E-state index >= 15 is 0 Å². The predicted molar refractivity (Wildman–Crippen MR) is 102 cm³/mol. The molecule has 0 saturated carbocycles. The van der Waals surface area contributed by atoms with Crippen LogP contribution in [0.25, 0.3) is 0 Å². The lowest BCUT2D eigenvalue weighted by molar-refractivity contribution is -0.384. The summed E-state index contributed by atoms with van der Waals surface area (Å²) in [5.41, 5.74) is 1.99. The molecule has 0 aliphatic carbocycles. The molecular formula is C19H21FN4O3. The number of hydrogen-bond donors (Lipinski definition) is 1. The molecule has 1 heterocycles. The number of rotatable bonds is 5. The molecule has 8 heteroatoms. The van der Waals surface area contributed by atoms with Crippen LogP contribution in [0, 0.1) is 22.9 Å². The number of non-ortho nitro benzene ring substituents is 1. The molecule has 1 aliphatic heterocycles. The Hall–Kier alpha value is -3.00. The minimum atomic E-state index is -0.416. The van der Waals surface area contributed by atoms with E-state index < -0.39 is 4.92 Å². The number of anilines is 2. The summed E-state index contributed by atoms with van der Waals surface area (Å²) in [5.74, 6) is -0.522. The number of amides is 1. The average Bonchev–Trinajstić information content (AvgIpc) is 2.65. The monoisotopic (exact) mass is 372 g/mol. The van der Waals surface area contributed by atoms with Gasteiger partial charge < -0.3 is 10.2 Å². The number of nitro groups is 1. The summed E-state index contributed by atoms with van der Waals surface area (Å²) < 4.78 is 13.6. The van der Waals surface area contributed by atoms with Crippen molar-refractivity contribution in [1.82, 2.24) is 4.90 Å². The second-order valence-electron chi connectivity index (χ2n) is 6.55. The maximum absolute atomic E-state index is 13.6. The van der Waals surface area contributed by atoms with E-state index in [0.29, 0.717) is 24.3 Å². The lowest BCUT2D eigenvalue weighted by Gasteiger charge is -2.35. The van der Waals surface area contributed by atoms with E-state index in [1.165, 1.54) is 18.2 Å². The number of benzene rings is 2. The fraction of sp³-hybridized carbons (Fsp3) is 0.316. The summed E-state index contributed by atoms with van der Waals surface area (Å²) in [5, 5.41) is 13.4. The van der Waals surface area contributed by atoms with Crippen molar-refractivity contribution < 1.29 is 14.1 Å². The van der Waals surface area contributed by atoms with Crippen LogP contribution in [0.4, 0.5) is 21.5 Å². The molecule has 0 unspecified atom stereocenters. The smallest absolute Gasteiger partial charge is 0.269 e. The third-order valence-electron chi connectivity index (χ3n) is 4.62. The van der Waals surface area contributed by atoms with Crippen LogP contribution < -0.4 is 10.2 Å². The lowest BCUT2D eigenvalue weighted by Crippen LogP contribution is -2.48. The van der Waals surface area contributed by atoms with Gasteiger partial charge in [0.05, 0.1) is 11.5 Å². The number of carbonyl (C=O) groups excluding carboxylic acids is 1. The highest BCUT2D eigenvalue weighted by Crippen LogP contribution is 2.20. The Kier molecular flexibility index (Phi) is 5.66. The van der Waals surface area contributed by atoms with E-state index in [4.69, 9.17) is 0 Å². The third kappa shape index (κ3) is 4.79.